The van der Waals surface area contributed by atoms with Crippen LogP contribution in [0, 0.1) is 11.7 Å². The van der Waals surface area contributed by atoms with Gasteiger partial charge in [-0.05, 0) is 50.5 Å². The van der Waals surface area contributed by atoms with Crippen molar-refractivity contribution in [3.05, 3.63) is 65.5 Å². The number of carbonyl (C=O) groups excluding carboxylic acids is 1. The standard InChI is InChI=1S/C24H28FNO3/c1-2-29-21-12-4-3-10-19(21)22-20-11-5-6-13-24(20,28)14-15-26(22)23(27)17-8-7-9-18(25)16-17/h3-4,7-10,12,16,20,22,28H,2,5-6,11,13-15H2,1H3/t20-,22-,24-/m1/s1. The summed E-state index contributed by atoms with van der Waals surface area (Å²) in [6.45, 7) is 2.90. The lowest BCUT2D eigenvalue weighted by molar-refractivity contribution is -0.115. The number of likely N-dealkylation sites (tertiary alicyclic amines) is 1. The zero-order chi connectivity index (χ0) is 20.4. The van der Waals surface area contributed by atoms with E-state index in [1.54, 1.807) is 12.1 Å². The second-order valence-corrected chi connectivity index (χ2v) is 8.13. The Morgan fingerprint density at radius 3 is 2.83 bits per heavy atom. The predicted molar refractivity (Wildman–Crippen MR) is 109 cm³/mol. The molecule has 1 N–H and O–H groups in total. The number of benzene rings is 2. The van der Waals surface area contributed by atoms with E-state index in [1.165, 1.54) is 12.1 Å². The minimum Gasteiger partial charge on any atom is -0.494 e. The topological polar surface area (TPSA) is 49.8 Å². The van der Waals surface area contributed by atoms with Crippen LogP contribution in [0.4, 0.5) is 4.39 Å². The zero-order valence-electron chi connectivity index (χ0n) is 16.8. The van der Waals surface area contributed by atoms with E-state index in [1.807, 2.05) is 36.1 Å². The Bertz CT molecular complexity index is 886. The van der Waals surface area contributed by atoms with E-state index in [0.29, 0.717) is 25.1 Å². The first kappa shape index (κ1) is 19.9. The summed E-state index contributed by atoms with van der Waals surface area (Å²) in [5.41, 5.74) is 0.482. The normalized spacial score (nSPS) is 26.7. The molecule has 2 aromatic carbocycles. The molecule has 2 aromatic rings. The molecule has 0 unspecified atom stereocenters. The van der Waals surface area contributed by atoms with Gasteiger partial charge in [0.25, 0.3) is 5.91 Å². The Kier molecular flexibility index (Phi) is 5.59. The van der Waals surface area contributed by atoms with Gasteiger partial charge in [0.1, 0.15) is 11.6 Å². The van der Waals surface area contributed by atoms with Crippen molar-refractivity contribution >= 4 is 5.91 Å². The maximum absolute atomic E-state index is 13.8. The molecule has 2 aliphatic rings. The number of fused-ring (bicyclic) bond motifs is 1. The van der Waals surface area contributed by atoms with E-state index < -0.39 is 11.4 Å². The highest BCUT2D eigenvalue weighted by Crippen LogP contribution is 2.51. The second kappa shape index (κ2) is 8.15. The monoisotopic (exact) mass is 397 g/mol. The number of piperidine rings is 1. The number of hydrogen-bond donors (Lipinski definition) is 1. The average molecular weight is 397 g/mol. The number of rotatable bonds is 4. The van der Waals surface area contributed by atoms with Crippen LogP contribution in [0.3, 0.4) is 0 Å². The number of ether oxygens (including phenoxy) is 1. The largest absolute Gasteiger partial charge is 0.494 e. The molecule has 5 heteroatoms. The van der Waals surface area contributed by atoms with Gasteiger partial charge in [0, 0.05) is 23.6 Å². The summed E-state index contributed by atoms with van der Waals surface area (Å²) in [5.74, 6) is 0.0534. The van der Waals surface area contributed by atoms with Crippen molar-refractivity contribution in [2.75, 3.05) is 13.2 Å². The van der Waals surface area contributed by atoms with Crippen molar-refractivity contribution in [2.45, 2.75) is 50.7 Å². The maximum atomic E-state index is 13.8. The number of aliphatic hydroxyl groups is 1. The van der Waals surface area contributed by atoms with Crippen molar-refractivity contribution in [3.8, 4) is 5.75 Å². The molecule has 4 nitrogen and oxygen atoms in total. The van der Waals surface area contributed by atoms with Gasteiger partial charge < -0.3 is 14.7 Å². The van der Waals surface area contributed by atoms with E-state index >= 15 is 0 Å². The van der Waals surface area contributed by atoms with Crippen LogP contribution in [0.5, 0.6) is 5.75 Å². The van der Waals surface area contributed by atoms with E-state index in [2.05, 4.69) is 0 Å². The Labute approximate surface area is 171 Å². The van der Waals surface area contributed by atoms with E-state index in [9.17, 15) is 14.3 Å². The summed E-state index contributed by atoms with van der Waals surface area (Å²) in [5, 5.41) is 11.4. The fraction of sp³-hybridized carbons (Fsp3) is 0.458. The number of amides is 1. The first-order valence-electron chi connectivity index (χ1n) is 10.5. The zero-order valence-corrected chi connectivity index (χ0v) is 16.8. The minimum atomic E-state index is -0.777. The van der Waals surface area contributed by atoms with E-state index in [4.69, 9.17) is 4.74 Å². The summed E-state index contributed by atoms with van der Waals surface area (Å²) in [4.78, 5) is 15.2. The highest BCUT2D eigenvalue weighted by atomic mass is 19.1. The lowest BCUT2D eigenvalue weighted by Crippen LogP contribution is -2.56. The maximum Gasteiger partial charge on any atom is 0.254 e. The third kappa shape index (κ3) is 3.76. The quantitative estimate of drug-likeness (QED) is 0.811. The van der Waals surface area contributed by atoms with Gasteiger partial charge in [-0.25, -0.2) is 4.39 Å². The summed E-state index contributed by atoms with van der Waals surface area (Å²) in [6.07, 6.45) is 4.19. The molecule has 2 fully saturated rings. The molecule has 3 atom stereocenters. The summed E-state index contributed by atoms with van der Waals surface area (Å²) < 4.78 is 19.7. The first-order chi connectivity index (χ1) is 14.0. The van der Waals surface area contributed by atoms with Crippen LogP contribution in [0.2, 0.25) is 0 Å². The fourth-order valence-corrected chi connectivity index (χ4v) is 5.09. The minimum absolute atomic E-state index is 0.0656. The molecule has 1 saturated heterocycles. The number of nitrogens with zero attached hydrogens (tertiary/aromatic N) is 1. The summed E-state index contributed by atoms with van der Waals surface area (Å²) >= 11 is 0. The lowest BCUT2D eigenvalue weighted by Gasteiger charge is -2.52. The van der Waals surface area contributed by atoms with E-state index in [0.717, 1.165) is 37.0 Å². The first-order valence-corrected chi connectivity index (χ1v) is 10.5. The fourth-order valence-electron chi connectivity index (χ4n) is 5.09. The molecule has 0 radical (unpaired) electrons. The van der Waals surface area contributed by atoms with Crippen LogP contribution >= 0.6 is 0 Å². The van der Waals surface area contributed by atoms with Crippen LogP contribution in [-0.2, 0) is 0 Å². The smallest absolute Gasteiger partial charge is 0.254 e. The van der Waals surface area contributed by atoms with Gasteiger partial charge in [0.05, 0.1) is 18.2 Å². The highest BCUT2D eigenvalue weighted by Gasteiger charge is 2.50. The molecule has 154 valence electrons. The molecule has 1 heterocycles. The van der Waals surface area contributed by atoms with Crippen LogP contribution in [0.25, 0.3) is 0 Å². The Morgan fingerprint density at radius 1 is 1.21 bits per heavy atom. The highest BCUT2D eigenvalue weighted by molar-refractivity contribution is 5.94. The molecule has 0 aromatic heterocycles. The van der Waals surface area contributed by atoms with Gasteiger partial charge in [-0.2, -0.15) is 0 Å². The third-order valence-corrected chi connectivity index (χ3v) is 6.44. The molecule has 1 amide bonds. The molecule has 0 spiro atoms. The summed E-state index contributed by atoms with van der Waals surface area (Å²) in [6, 6.07) is 13.3. The molecule has 1 aliphatic heterocycles. The van der Waals surface area contributed by atoms with Crippen LogP contribution < -0.4 is 4.74 Å². The van der Waals surface area contributed by atoms with E-state index in [-0.39, 0.29) is 17.9 Å². The molecular formula is C24H28FNO3. The number of carbonyl (C=O) groups is 1. The molecule has 0 bridgehead atoms. The second-order valence-electron chi connectivity index (χ2n) is 8.13. The van der Waals surface area contributed by atoms with Crippen LogP contribution in [0.15, 0.2) is 48.5 Å². The van der Waals surface area contributed by atoms with Gasteiger partial charge in [-0.15, -0.1) is 0 Å². The molecule has 1 saturated carbocycles. The Balaban J connectivity index is 1.79. The van der Waals surface area contributed by atoms with Gasteiger partial charge in [0.15, 0.2) is 0 Å². The molecule has 4 rings (SSSR count). The molecular weight excluding hydrogens is 369 g/mol. The van der Waals surface area contributed by atoms with Crippen molar-refractivity contribution in [1.29, 1.82) is 0 Å². The van der Waals surface area contributed by atoms with Crippen LogP contribution in [-0.4, -0.2) is 34.7 Å². The van der Waals surface area contributed by atoms with Gasteiger partial charge >= 0.3 is 0 Å². The summed E-state index contributed by atoms with van der Waals surface area (Å²) in [7, 11) is 0. The number of para-hydroxylation sites is 1. The third-order valence-electron chi connectivity index (χ3n) is 6.44. The number of hydrogen-bond acceptors (Lipinski definition) is 3. The van der Waals surface area contributed by atoms with Gasteiger partial charge in [-0.3, -0.25) is 4.79 Å². The van der Waals surface area contributed by atoms with Gasteiger partial charge in [-0.1, -0.05) is 37.1 Å². The predicted octanol–water partition coefficient (Wildman–Crippen LogP) is 4.73. The van der Waals surface area contributed by atoms with Crippen molar-refractivity contribution in [3.63, 3.8) is 0 Å². The molecule has 1 aliphatic carbocycles. The van der Waals surface area contributed by atoms with Crippen molar-refractivity contribution < 1.29 is 19.0 Å². The van der Waals surface area contributed by atoms with Crippen LogP contribution in [0.1, 0.15) is 61.0 Å². The van der Waals surface area contributed by atoms with Crippen molar-refractivity contribution in [1.82, 2.24) is 4.90 Å². The average Bonchev–Trinajstić information content (AvgIpc) is 2.73. The molecule has 29 heavy (non-hydrogen) atoms. The SMILES string of the molecule is CCOc1ccccc1[C@@H]1[C@H]2CCCC[C@@]2(O)CCN1C(=O)c1cccc(F)c1. The van der Waals surface area contributed by atoms with Crippen molar-refractivity contribution in [2.24, 2.45) is 5.92 Å². The Hall–Kier alpha value is -2.40. The number of halogens is 1. The Morgan fingerprint density at radius 2 is 2.03 bits per heavy atom. The lowest BCUT2D eigenvalue weighted by atomic mass is 9.66. The van der Waals surface area contributed by atoms with Gasteiger partial charge in [0.2, 0.25) is 0 Å².